The molecule has 1 amide bonds. The van der Waals surface area contributed by atoms with Gasteiger partial charge in [0.15, 0.2) is 0 Å². The summed E-state index contributed by atoms with van der Waals surface area (Å²) in [5.41, 5.74) is 0.232. The van der Waals surface area contributed by atoms with E-state index in [-0.39, 0.29) is 17.8 Å². The lowest BCUT2D eigenvalue weighted by Crippen LogP contribution is -2.47. The zero-order chi connectivity index (χ0) is 22.0. The maximum Gasteiger partial charge on any atom is 0.416 e. The van der Waals surface area contributed by atoms with Crippen LogP contribution in [0, 0.1) is 6.92 Å². The van der Waals surface area contributed by atoms with Crippen LogP contribution in [0.3, 0.4) is 0 Å². The minimum atomic E-state index is -4.49. The van der Waals surface area contributed by atoms with E-state index in [9.17, 15) is 26.4 Å². The SMILES string of the molecule is CCC(C(=O)Nc1ccc(C(F)(F)F)cc1)N(c1ccc(C)c(Cl)c1)S(C)(=O)=O. The molecule has 29 heavy (non-hydrogen) atoms. The number of anilines is 2. The topological polar surface area (TPSA) is 66.5 Å². The lowest BCUT2D eigenvalue weighted by molar-refractivity contribution is -0.137. The van der Waals surface area contributed by atoms with Crippen LogP contribution in [0.5, 0.6) is 0 Å². The van der Waals surface area contributed by atoms with Crippen molar-refractivity contribution in [2.24, 2.45) is 0 Å². The van der Waals surface area contributed by atoms with Gasteiger partial charge in [0.1, 0.15) is 6.04 Å². The van der Waals surface area contributed by atoms with Crippen LogP contribution in [-0.2, 0) is 21.0 Å². The summed E-state index contributed by atoms with van der Waals surface area (Å²) < 4.78 is 63.8. The van der Waals surface area contributed by atoms with Gasteiger partial charge in [0.05, 0.1) is 17.5 Å². The van der Waals surface area contributed by atoms with Crippen LogP contribution >= 0.6 is 11.6 Å². The number of hydrogen-bond donors (Lipinski definition) is 1. The van der Waals surface area contributed by atoms with E-state index in [1.165, 1.54) is 12.1 Å². The van der Waals surface area contributed by atoms with E-state index in [4.69, 9.17) is 11.6 Å². The molecule has 0 aliphatic rings. The van der Waals surface area contributed by atoms with Gasteiger partial charge in [-0.1, -0.05) is 24.6 Å². The van der Waals surface area contributed by atoms with Gasteiger partial charge in [0.2, 0.25) is 15.9 Å². The Morgan fingerprint density at radius 3 is 2.21 bits per heavy atom. The van der Waals surface area contributed by atoms with Crippen LogP contribution in [0.25, 0.3) is 0 Å². The Bertz CT molecular complexity index is 993. The first-order valence-corrected chi connectivity index (χ1v) is 10.8. The minimum Gasteiger partial charge on any atom is -0.324 e. The molecule has 2 aromatic carbocycles. The van der Waals surface area contributed by atoms with Gasteiger partial charge in [-0.15, -0.1) is 0 Å². The number of aryl methyl sites for hydroxylation is 1. The van der Waals surface area contributed by atoms with Crippen molar-refractivity contribution in [2.45, 2.75) is 32.5 Å². The molecule has 0 aliphatic carbocycles. The van der Waals surface area contributed by atoms with Crippen molar-refractivity contribution in [1.82, 2.24) is 0 Å². The fourth-order valence-corrected chi connectivity index (χ4v) is 4.13. The predicted molar refractivity (Wildman–Crippen MR) is 108 cm³/mol. The van der Waals surface area contributed by atoms with Crippen LogP contribution in [0.2, 0.25) is 5.02 Å². The van der Waals surface area contributed by atoms with Gasteiger partial charge < -0.3 is 5.32 Å². The molecular formula is C19H20ClF3N2O3S. The Kier molecular flexibility index (Phi) is 6.85. The van der Waals surface area contributed by atoms with Gasteiger partial charge in [0, 0.05) is 10.7 Å². The number of rotatable bonds is 6. The van der Waals surface area contributed by atoms with Crippen LogP contribution in [-0.4, -0.2) is 26.6 Å². The van der Waals surface area contributed by atoms with E-state index in [2.05, 4.69) is 5.32 Å². The van der Waals surface area contributed by atoms with Crippen molar-refractivity contribution in [1.29, 1.82) is 0 Å². The second-order valence-electron chi connectivity index (χ2n) is 6.48. The monoisotopic (exact) mass is 448 g/mol. The predicted octanol–water partition coefficient (Wildman–Crippen LogP) is 4.85. The number of alkyl halides is 3. The summed E-state index contributed by atoms with van der Waals surface area (Å²) in [6.07, 6.45) is -3.40. The molecule has 0 bridgehead atoms. The summed E-state index contributed by atoms with van der Waals surface area (Å²) in [7, 11) is -3.86. The minimum absolute atomic E-state index is 0.122. The number of carbonyl (C=O) groups excluding carboxylic acids is 1. The van der Waals surface area contributed by atoms with Gasteiger partial charge in [-0.3, -0.25) is 9.10 Å². The molecule has 2 aromatic rings. The second kappa shape index (κ2) is 8.62. The highest BCUT2D eigenvalue weighted by atomic mass is 35.5. The van der Waals surface area contributed by atoms with Crippen LogP contribution < -0.4 is 9.62 Å². The van der Waals surface area contributed by atoms with Crippen molar-refractivity contribution < 1.29 is 26.4 Å². The molecule has 0 spiro atoms. The number of nitrogens with zero attached hydrogens (tertiary/aromatic N) is 1. The molecule has 2 rings (SSSR count). The summed E-state index contributed by atoms with van der Waals surface area (Å²) in [6.45, 7) is 3.39. The van der Waals surface area contributed by atoms with Crippen LogP contribution in [0.15, 0.2) is 42.5 Å². The zero-order valence-electron chi connectivity index (χ0n) is 15.9. The number of hydrogen-bond acceptors (Lipinski definition) is 3. The first kappa shape index (κ1) is 23.0. The largest absolute Gasteiger partial charge is 0.416 e. The maximum absolute atomic E-state index is 12.8. The summed E-state index contributed by atoms with van der Waals surface area (Å²) in [5, 5.41) is 2.82. The van der Waals surface area contributed by atoms with E-state index in [0.29, 0.717) is 5.02 Å². The molecule has 1 N–H and O–H groups in total. The fourth-order valence-electron chi connectivity index (χ4n) is 2.75. The number of halogens is 4. The molecule has 0 saturated heterocycles. The van der Waals surface area contributed by atoms with Gasteiger partial charge in [-0.05, 0) is 55.3 Å². The number of sulfonamides is 1. The average molecular weight is 449 g/mol. The molecular weight excluding hydrogens is 429 g/mol. The molecule has 158 valence electrons. The molecule has 0 aromatic heterocycles. The van der Waals surface area contributed by atoms with Crippen molar-refractivity contribution in [3.8, 4) is 0 Å². The lowest BCUT2D eigenvalue weighted by Gasteiger charge is -2.30. The molecule has 0 heterocycles. The van der Waals surface area contributed by atoms with E-state index < -0.39 is 33.7 Å². The normalized spacial score (nSPS) is 13.1. The van der Waals surface area contributed by atoms with E-state index in [1.54, 1.807) is 19.9 Å². The van der Waals surface area contributed by atoms with Crippen molar-refractivity contribution >= 4 is 38.9 Å². The van der Waals surface area contributed by atoms with Gasteiger partial charge in [0.25, 0.3) is 0 Å². The molecule has 10 heteroatoms. The van der Waals surface area contributed by atoms with E-state index >= 15 is 0 Å². The molecule has 0 radical (unpaired) electrons. The summed E-state index contributed by atoms with van der Waals surface area (Å²) in [6, 6.07) is 7.40. The Hall–Kier alpha value is -2.26. The van der Waals surface area contributed by atoms with E-state index in [0.717, 1.165) is 40.4 Å². The number of benzene rings is 2. The third-order valence-corrected chi connectivity index (χ3v) is 5.81. The molecule has 1 atom stereocenters. The summed E-state index contributed by atoms with van der Waals surface area (Å²) in [5.74, 6) is -0.672. The standard InChI is InChI=1S/C19H20ClF3N2O3S/c1-4-17(18(26)24-14-8-6-13(7-9-14)19(21,22)23)25(29(3,27)28)15-10-5-12(2)16(20)11-15/h5-11,17H,4H2,1-3H3,(H,24,26). The first-order chi connectivity index (χ1) is 13.3. The van der Waals surface area contributed by atoms with E-state index in [1.807, 2.05) is 0 Å². The smallest absolute Gasteiger partial charge is 0.324 e. The number of carbonyl (C=O) groups is 1. The quantitative estimate of drug-likeness (QED) is 0.687. The molecule has 0 fully saturated rings. The Balaban J connectivity index is 2.34. The highest BCUT2D eigenvalue weighted by Gasteiger charge is 2.33. The summed E-state index contributed by atoms with van der Waals surface area (Å²) >= 11 is 6.10. The Morgan fingerprint density at radius 2 is 1.76 bits per heavy atom. The third kappa shape index (κ3) is 5.63. The van der Waals surface area contributed by atoms with Gasteiger partial charge >= 0.3 is 6.18 Å². The van der Waals surface area contributed by atoms with Gasteiger partial charge in [-0.25, -0.2) is 8.42 Å². The third-order valence-electron chi connectivity index (χ3n) is 4.22. The van der Waals surface area contributed by atoms with Crippen LogP contribution in [0.1, 0.15) is 24.5 Å². The molecule has 0 aliphatic heterocycles. The highest BCUT2D eigenvalue weighted by Crippen LogP contribution is 2.31. The number of nitrogens with one attached hydrogen (secondary N) is 1. The average Bonchev–Trinajstić information content (AvgIpc) is 2.60. The molecule has 1 unspecified atom stereocenters. The van der Waals surface area contributed by atoms with Crippen molar-refractivity contribution in [3.63, 3.8) is 0 Å². The molecule has 0 saturated carbocycles. The second-order valence-corrected chi connectivity index (χ2v) is 8.75. The van der Waals surface area contributed by atoms with Crippen LogP contribution in [0.4, 0.5) is 24.5 Å². The Morgan fingerprint density at radius 1 is 1.17 bits per heavy atom. The van der Waals surface area contributed by atoms with Crippen molar-refractivity contribution in [2.75, 3.05) is 15.9 Å². The molecule has 5 nitrogen and oxygen atoms in total. The fraction of sp³-hybridized carbons (Fsp3) is 0.316. The Labute approximate surface area is 172 Å². The maximum atomic E-state index is 12.8. The van der Waals surface area contributed by atoms with Crippen molar-refractivity contribution in [3.05, 3.63) is 58.6 Å². The highest BCUT2D eigenvalue weighted by molar-refractivity contribution is 7.92. The van der Waals surface area contributed by atoms with Gasteiger partial charge in [-0.2, -0.15) is 13.2 Å². The lowest BCUT2D eigenvalue weighted by atomic mass is 10.1. The summed E-state index contributed by atoms with van der Waals surface area (Å²) in [4.78, 5) is 12.8. The zero-order valence-corrected chi connectivity index (χ0v) is 17.5. The number of amides is 1. The first-order valence-electron chi connectivity index (χ1n) is 8.58.